The van der Waals surface area contributed by atoms with Gasteiger partial charge in [0.05, 0.1) is 11.6 Å². The van der Waals surface area contributed by atoms with E-state index >= 15 is 0 Å². The number of halogens is 2. The van der Waals surface area contributed by atoms with Crippen molar-refractivity contribution in [1.82, 2.24) is 25.0 Å². The van der Waals surface area contributed by atoms with Crippen LogP contribution in [0.2, 0.25) is 0 Å². The predicted molar refractivity (Wildman–Crippen MR) is 131 cm³/mol. The molecule has 35 heavy (non-hydrogen) atoms. The summed E-state index contributed by atoms with van der Waals surface area (Å²) < 4.78 is 29.5. The fraction of sp³-hybridized carbons (Fsp3) is 0.423. The second-order valence-electron chi connectivity index (χ2n) is 8.81. The molecule has 0 saturated heterocycles. The Bertz CT molecular complexity index is 1160. The molecule has 0 saturated carbocycles. The standard InChI is InChI=1S/C26H32F2N6O/c1-4-33(5-2)21-9-6-19(7-10-21)17-32-13-12-24-30-31-25(34(24)15-14-32)18(3)29-26(35)22-16-20(27)8-11-23(22)28/h6-11,16,18H,4-5,12-15,17H2,1-3H3,(H,29,35)/t18-/m1/s1. The van der Waals surface area contributed by atoms with Gasteiger partial charge in [0.1, 0.15) is 17.5 Å². The van der Waals surface area contributed by atoms with E-state index < -0.39 is 23.6 Å². The van der Waals surface area contributed by atoms with E-state index in [9.17, 15) is 13.6 Å². The highest BCUT2D eigenvalue weighted by Gasteiger charge is 2.24. The van der Waals surface area contributed by atoms with Gasteiger partial charge < -0.3 is 14.8 Å². The molecule has 1 aromatic heterocycles. The Kier molecular flexibility index (Phi) is 7.75. The maximum Gasteiger partial charge on any atom is 0.254 e. The van der Waals surface area contributed by atoms with E-state index in [0.717, 1.165) is 63.2 Å². The summed E-state index contributed by atoms with van der Waals surface area (Å²) in [6, 6.07) is 11.1. The molecule has 7 nitrogen and oxygen atoms in total. The van der Waals surface area contributed by atoms with E-state index in [1.807, 2.05) is 4.57 Å². The van der Waals surface area contributed by atoms with Crippen LogP contribution in [0.4, 0.5) is 14.5 Å². The predicted octanol–water partition coefficient (Wildman–Crippen LogP) is 3.95. The maximum atomic E-state index is 14.0. The van der Waals surface area contributed by atoms with Crippen molar-refractivity contribution in [2.45, 2.75) is 46.3 Å². The normalized spacial score (nSPS) is 14.8. The third-order valence-electron chi connectivity index (χ3n) is 6.53. The summed E-state index contributed by atoms with van der Waals surface area (Å²) in [6.07, 6.45) is 0.740. The second kappa shape index (κ2) is 10.9. The first-order valence-electron chi connectivity index (χ1n) is 12.1. The molecule has 2 aromatic carbocycles. The molecule has 0 bridgehead atoms. The second-order valence-corrected chi connectivity index (χ2v) is 8.81. The first kappa shape index (κ1) is 24.8. The van der Waals surface area contributed by atoms with Crippen LogP contribution in [0.25, 0.3) is 0 Å². The molecule has 0 unspecified atom stereocenters. The lowest BCUT2D eigenvalue weighted by molar-refractivity contribution is 0.0933. The van der Waals surface area contributed by atoms with Crippen molar-refractivity contribution >= 4 is 11.6 Å². The van der Waals surface area contributed by atoms with Crippen LogP contribution in [0.5, 0.6) is 0 Å². The molecule has 1 N–H and O–H groups in total. The van der Waals surface area contributed by atoms with Crippen molar-refractivity contribution in [3.63, 3.8) is 0 Å². The van der Waals surface area contributed by atoms with Gasteiger partial charge in [0.25, 0.3) is 5.91 Å². The molecular weight excluding hydrogens is 450 g/mol. The summed E-state index contributed by atoms with van der Waals surface area (Å²) in [5, 5.41) is 11.3. The molecule has 2 heterocycles. The number of amides is 1. The van der Waals surface area contributed by atoms with Gasteiger partial charge in [-0.2, -0.15) is 0 Å². The zero-order valence-corrected chi connectivity index (χ0v) is 20.5. The zero-order valence-electron chi connectivity index (χ0n) is 20.5. The number of nitrogens with one attached hydrogen (secondary N) is 1. The summed E-state index contributed by atoms with van der Waals surface area (Å²) in [6.45, 7) is 11.3. The monoisotopic (exact) mass is 482 g/mol. The van der Waals surface area contributed by atoms with Gasteiger partial charge >= 0.3 is 0 Å². The molecule has 1 amide bonds. The lowest BCUT2D eigenvalue weighted by Gasteiger charge is -2.23. The highest BCUT2D eigenvalue weighted by atomic mass is 19.1. The van der Waals surface area contributed by atoms with Crippen LogP contribution in [0.1, 0.15) is 54.4 Å². The first-order chi connectivity index (χ1) is 16.9. The summed E-state index contributed by atoms with van der Waals surface area (Å²) in [7, 11) is 0. The third-order valence-corrected chi connectivity index (χ3v) is 6.53. The number of hydrogen-bond donors (Lipinski definition) is 1. The molecule has 1 aliphatic rings. The van der Waals surface area contributed by atoms with Crippen LogP contribution in [0.15, 0.2) is 42.5 Å². The average molecular weight is 483 g/mol. The minimum absolute atomic E-state index is 0.328. The van der Waals surface area contributed by atoms with Crippen molar-refractivity contribution in [2.75, 3.05) is 31.1 Å². The fourth-order valence-electron chi connectivity index (χ4n) is 4.54. The van der Waals surface area contributed by atoms with Gasteiger partial charge in [-0.1, -0.05) is 12.1 Å². The van der Waals surface area contributed by atoms with Crippen LogP contribution in [-0.4, -0.2) is 51.8 Å². The zero-order chi connectivity index (χ0) is 24.9. The van der Waals surface area contributed by atoms with Crippen molar-refractivity contribution in [2.24, 2.45) is 0 Å². The minimum Gasteiger partial charge on any atom is -0.372 e. The largest absolute Gasteiger partial charge is 0.372 e. The number of carbonyl (C=O) groups is 1. The Hall–Kier alpha value is -3.33. The number of hydrogen-bond acceptors (Lipinski definition) is 5. The molecule has 9 heteroatoms. The van der Waals surface area contributed by atoms with Gasteiger partial charge in [0, 0.05) is 51.4 Å². The summed E-state index contributed by atoms with van der Waals surface area (Å²) in [5.74, 6) is -0.650. The Morgan fingerprint density at radius 1 is 1.06 bits per heavy atom. The number of anilines is 1. The highest BCUT2D eigenvalue weighted by Crippen LogP contribution is 2.20. The molecule has 0 aliphatic carbocycles. The van der Waals surface area contributed by atoms with E-state index in [2.05, 4.69) is 63.4 Å². The van der Waals surface area contributed by atoms with Crippen LogP contribution >= 0.6 is 0 Å². The topological polar surface area (TPSA) is 66.3 Å². The van der Waals surface area contributed by atoms with E-state index in [1.54, 1.807) is 6.92 Å². The summed E-state index contributed by atoms with van der Waals surface area (Å²) >= 11 is 0. The van der Waals surface area contributed by atoms with Crippen LogP contribution in [0, 0.1) is 11.6 Å². The van der Waals surface area contributed by atoms with E-state index in [4.69, 9.17) is 0 Å². The number of benzene rings is 2. The molecule has 0 fully saturated rings. The SMILES string of the molecule is CCN(CC)c1ccc(CN2CCc3nnc([C@@H](C)NC(=O)c4cc(F)ccc4F)n3CC2)cc1. The summed E-state index contributed by atoms with van der Waals surface area (Å²) in [5.41, 5.74) is 2.17. The van der Waals surface area contributed by atoms with Crippen molar-refractivity contribution in [1.29, 1.82) is 0 Å². The van der Waals surface area contributed by atoms with Gasteiger partial charge in [-0.05, 0) is 56.7 Å². The lowest BCUT2D eigenvalue weighted by atomic mass is 10.1. The van der Waals surface area contributed by atoms with E-state index in [1.165, 1.54) is 11.3 Å². The van der Waals surface area contributed by atoms with Crippen LogP contribution in [0.3, 0.4) is 0 Å². The average Bonchev–Trinajstić information content (AvgIpc) is 3.16. The number of carbonyl (C=O) groups excluding carboxylic acids is 1. The highest BCUT2D eigenvalue weighted by molar-refractivity contribution is 5.94. The molecule has 186 valence electrons. The molecule has 0 spiro atoms. The van der Waals surface area contributed by atoms with Gasteiger partial charge in [0.15, 0.2) is 5.82 Å². The maximum absolute atomic E-state index is 14.0. The first-order valence-corrected chi connectivity index (χ1v) is 12.1. The number of rotatable bonds is 8. The molecule has 3 aromatic rings. The van der Waals surface area contributed by atoms with Crippen molar-refractivity contribution in [3.05, 3.63) is 76.9 Å². The smallest absolute Gasteiger partial charge is 0.254 e. The molecule has 4 rings (SSSR count). The summed E-state index contributed by atoms with van der Waals surface area (Å²) in [4.78, 5) is 17.2. The van der Waals surface area contributed by atoms with E-state index in [-0.39, 0.29) is 5.56 Å². The van der Waals surface area contributed by atoms with Gasteiger partial charge in [-0.25, -0.2) is 8.78 Å². The van der Waals surface area contributed by atoms with Gasteiger partial charge in [-0.15, -0.1) is 10.2 Å². The molecular formula is C26H32F2N6O. The Morgan fingerprint density at radius 2 is 1.80 bits per heavy atom. The van der Waals surface area contributed by atoms with Gasteiger partial charge in [0.2, 0.25) is 0 Å². The van der Waals surface area contributed by atoms with Crippen molar-refractivity contribution in [3.8, 4) is 0 Å². The number of aromatic nitrogens is 3. The Morgan fingerprint density at radius 3 is 2.51 bits per heavy atom. The molecule has 0 radical (unpaired) electrons. The number of fused-ring (bicyclic) bond motifs is 1. The third kappa shape index (κ3) is 5.67. The Balaban J connectivity index is 1.39. The minimum atomic E-state index is -0.767. The van der Waals surface area contributed by atoms with Crippen molar-refractivity contribution < 1.29 is 13.6 Å². The van der Waals surface area contributed by atoms with Crippen LogP contribution in [-0.2, 0) is 19.5 Å². The number of nitrogens with zero attached hydrogens (tertiary/aromatic N) is 5. The van der Waals surface area contributed by atoms with Gasteiger partial charge in [-0.3, -0.25) is 9.69 Å². The van der Waals surface area contributed by atoms with E-state index in [0.29, 0.717) is 12.4 Å². The van der Waals surface area contributed by atoms with Crippen LogP contribution < -0.4 is 10.2 Å². The quantitative estimate of drug-likeness (QED) is 0.527. The lowest BCUT2D eigenvalue weighted by Crippen LogP contribution is -2.30. The fourth-order valence-corrected chi connectivity index (χ4v) is 4.54. The Labute approximate surface area is 204 Å². The molecule has 1 aliphatic heterocycles. The molecule has 1 atom stereocenters.